The Morgan fingerprint density at radius 1 is 1.29 bits per heavy atom. The average Bonchev–Trinajstić information content (AvgIpc) is 2.87. The Morgan fingerprint density at radius 2 is 2.08 bits per heavy atom. The molecular formula is C14H12ClN7O2. The molecule has 0 saturated heterocycles. The number of aromatic nitrogens is 5. The molecule has 0 aliphatic heterocycles. The van der Waals surface area contributed by atoms with Gasteiger partial charge in [-0.1, -0.05) is 11.6 Å². The van der Waals surface area contributed by atoms with E-state index in [9.17, 15) is 10.1 Å². The summed E-state index contributed by atoms with van der Waals surface area (Å²) in [4.78, 5) is 23.0. The summed E-state index contributed by atoms with van der Waals surface area (Å²) < 4.78 is 1.41. The fraction of sp³-hybridized carbons (Fsp3) is 0.143. The minimum absolute atomic E-state index is 0.00690. The van der Waals surface area contributed by atoms with E-state index in [1.807, 2.05) is 0 Å². The van der Waals surface area contributed by atoms with Crippen LogP contribution in [0.1, 0.15) is 11.4 Å². The number of hydrogen-bond acceptors (Lipinski definition) is 7. The molecule has 0 spiro atoms. The maximum absolute atomic E-state index is 11.6. The maximum Gasteiger partial charge on any atom is 0.355 e. The molecule has 3 rings (SSSR count). The normalized spacial score (nSPS) is 10.6. The van der Waals surface area contributed by atoms with E-state index in [0.29, 0.717) is 5.69 Å². The van der Waals surface area contributed by atoms with Gasteiger partial charge in [-0.2, -0.15) is 5.10 Å². The van der Waals surface area contributed by atoms with Crippen LogP contribution in [0.25, 0.3) is 5.82 Å². The monoisotopic (exact) mass is 345 g/mol. The highest BCUT2D eigenvalue weighted by molar-refractivity contribution is 6.32. The number of pyridine rings is 1. The minimum Gasteiger partial charge on any atom is -0.332 e. The van der Waals surface area contributed by atoms with E-state index in [-0.39, 0.29) is 22.5 Å². The summed E-state index contributed by atoms with van der Waals surface area (Å²) in [5, 5.41) is 18.9. The highest BCUT2D eigenvalue weighted by atomic mass is 35.5. The third kappa shape index (κ3) is 2.88. The van der Waals surface area contributed by atoms with Gasteiger partial charge in [-0.05, 0) is 32.0 Å². The smallest absolute Gasteiger partial charge is 0.332 e. The van der Waals surface area contributed by atoms with Crippen molar-refractivity contribution in [1.29, 1.82) is 0 Å². The molecule has 0 fully saturated rings. The summed E-state index contributed by atoms with van der Waals surface area (Å²) in [5.74, 6) is 0.0792. The van der Waals surface area contributed by atoms with E-state index >= 15 is 0 Å². The highest BCUT2D eigenvalue weighted by Crippen LogP contribution is 2.32. The van der Waals surface area contributed by atoms with Gasteiger partial charge in [-0.25, -0.2) is 19.6 Å². The molecule has 0 unspecified atom stereocenters. The van der Waals surface area contributed by atoms with Crippen molar-refractivity contribution in [2.45, 2.75) is 13.8 Å². The molecule has 0 amide bonds. The fourth-order valence-electron chi connectivity index (χ4n) is 2.23. The van der Waals surface area contributed by atoms with Crippen molar-refractivity contribution in [3.63, 3.8) is 0 Å². The predicted molar refractivity (Wildman–Crippen MR) is 87.8 cm³/mol. The molecule has 24 heavy (non-hydrogen) atoms. The van der Waals surface area contributed by atoms with Crippen molar-refractivity contribution in [2.75, 3.05) is 5.32 Å². The van der Waals surface area contributed by atoms with Crippen LogP contribution in [-0.2, 0) is 0 Å². The molecule has 0 radical (unpaired) electrons. The van der Waals surface area contributed by atoms with E-state index in [0.717, 1.165) is 11.4 Å². The average molecular weight is 346 g/mol. The van der Waals surface area contributed by atoms with E-state index in [2.05, 4.69) is 25.4 Å². The molecule has 0 aromatic carbocycles. The number of anilines is 2. The third-order valence-electron chi connectivity index (χ3n) is 3.21. The zero-order chi connectivity index (χ0) is 17.3. The van der Waals surface area contributed by atoms with Crippen LogP contribution < -0.4 is 5.32 Å². The van der Waals surface area contributed by atoms with Crippen LogP contribution in [0.4, 0.5) is 17.2 Å². The molecule has 0 atom stereocenters. The van der Waals surface area contributed by atoms with Gasteiger partial charge in [0.25, 0.3) is 0 Å². The number of aryl methyl sites for hydroxylation is 2. The number of nitrogens with one attached hydrogen (secondary N) is 1. The Morgan fingerprint density at radius 3 is 2.71 bits per heavy atom. The SMILES string of the molecule is Cc1cc(C)n(-c2ncnc(Nc3cccnc3Cl)c2[N+](=O)[O-])n1. The van der Waals surface area contributed by atoms with Crippen molar-refractivity contribution in [3.8, 4) is 5.82 Å². The molecular weight excluding hydrogens is 334 g/mol. The van der Waals surface area contributed by atoms with Gasteiger partial charge in [-0.3, -0.25) is 10.1 Å². The number of nitro groups is 1. The Balaban J connectivity index is 2.14. The molecule has 0 aliphatic carbocycles. The molecule has 0 bridgehead atoms. The summed E-state index contributed by atoms with van der Waals surface area (Å²) in [5.41, 5.74) is 1.55. The maximum atomic E-state index is 11.6. The second-order valence-corrected chi connectivity index (χ2v) is 5.32. The van der Waals surface area contributed by atoms with E-state index in [1.54, 1.807) is 32.0 Å². The highest BCUT2D eigenvalue weighted by Gasteiger charge is 2.26. The van der Waals surface area contributed by atoms with Gasteiger partial charge in [0.15, 0.2) is 5.15 Å². The van der Waals surface area contributed by atoms with Crippen molar-refractivity contribution in [3.05, 3.63) is 57.4 Å². The van der Waals surface area contributed by atoms with Crippen LogP contribution >= 0.6 is 11.6 Å². The molecule has 10 heteroatoms. The van der Waals surface area contributed by atoms with Crippen molar-refractivity contribution < 1.29 is 4.92 Å². The first-order valence-corrected chi connectivity index (χ1v) is 7.25. The lowest BCUT2D eigenvalue weighted by molar-refractivity contribution is -0.384. The second-order valence-electron chi connectivity index (χ2n) is 4.96. The van der Waals surface area contributed by atoms with Gasteiger partial charge in [0, 0.05) is 11.9 Å². The molecule has 122 valence electrons. The van der Waals surface area contributed by atoms with E-state index in [4.69, 9.17) is 11.6 Å². The van der Waals surface area contributed by atoms with E-state index in [1.165, 1.54) is 17.2 Å². The van der Waals surface area contributed by atoms with Gasteiger partial charge in [0.2, 0.25) is 11.6 Å². The first-order valence-electron chi connectivity index (χ1n) is 6.88. The zero-order valence-electron chi connectivity index (χ0n) is 12.8. The fourth-order valence-corrected chi connectivity index (χ4v) is 2.40. The molecule has 9 nitrogen and oxygen atoms in total. The van der Waals surface area contributed by atoms with Crippen LogP contribution in [0.3, 0.4) is 0 Å². The second kappa shape index (κ2) is 6.20. The lowest BCUT2D eigenvalue weighted by atomic mass is 10.3. The van der Waals surface area contributed by atoms with Crippen molar-refractivity contribution in [2.24, 2.45) is 0 Å². The van der Waals surface area contributed by atoms with E-state index < -0.39 is 4.92 Å². The van der Waals surface area contributed by atoms with Gasteiger partial charge >= 0.3 is 5.69 Å². The lowest BCUT2D eigenvalue weighted by Gasteiger charge is -2.10. The van der Waals surface area contributed by atoms with Crippen molar-refractivity contribution >= 4 is 28.8 Å². The van der Waals surface area contributed by atoms with Gasteiger partial charge in [0.05, 0.1) is 16.3 Å². The first kappa shape index (κ1) is 15.8. The number of hydrogen-bond donors (Lipinski definition) is 1. The number of rotatable bonds is 4. The molecule has 3 aromatic rings. The van der Waals surface area contributed by atoms with Gasteiger partial charge in [-0.15, -0.1) is 0 Å². The van der Waals surface area contributed by atoms with Crippen LogP contribution in [0.15, 0.2) is 30.7 Å². The Kier molecular flexibility index (Phi) is 4.09. The molecule has 3 heterocycles. The lowest BCUT2D eigenvalue weighted by Crippen LogP contribution is -2.10. The van der Waals surface area contributed by atoms with Crippen LogP contribution in [0, 0.1) is 24.0 Å². The Bertz CT molecular complexity index is 925. The van der Waals surface area contributed by atoms with Crippen LogP contribution in [0.5, 0.6) is 0 Å². The topological polar surface area (TPSA) is 112 Å². The van der Waals surface area contributed by atoms with Crippen LogP contribution in [0.2, 0.25) is 5.15 Å². The summed E-state index contributed by atoms with van der Waals surface area (Å²) >= 11 is 5.99. The molecule has 3 aromatic heterocycles. The molecule has 0 aliphatic rings. The standard InChI is InChI=1S/C14H12ClN7O2/c1-8-6-9(2)21(20-8)14-11(22(23)24)13(17-7-18-14)19-10-4-3-5-16-12(10)15/h3-7H,1-2H3,(H,17,18,19). The minimum atomic E-state index is -0.557. The number of halogens is 1. The Labute approximate surface area is 141 Å². The zero-order valence-corrected chi connectivity index (χ0v) is 13.5. The summed E-state index contributed by atoms with van der Waals surface area (Å²) in [7, 11) is 0. The van der Waals surface area contributed by atoms with Gasteiger partial charge < -0.3 is 5.32 Å². The summed E-state index contributed by atoms with van der Waals surface area (Å²) in [6.07, 6.45) is 2.74. The van der Waals surface area contributed by atoms with Crippen molar-refractivity contribution in [1.82, 2.24) is 24.7 Å². The quantitative estimate of drug-likeness (QED) is 0.439. The summed E-state index contributed by atoms with van der Waals surface area (Å²) in [6, 6.07) is 5.10. The number of nitrogens with zero attached hydrogens (tertiary/aromatic N) is 6. The largest absolute Gasteiger partial charge is 0.355 e. The summed E-state index contributed by atoms with van der Waals surface area (Å²) in [6.45, 7) is 3.59. The first-order chi connectivity index (χ1) is 11.5. The Hall–Kier alpha value is -3.07. The van der Waals surface area contributed by atoms with Gasteiger partial charge in [0.1, 0.15) is 6.33 Å². The third-order valence-corrected chi connectivity index (χ3v) is 3.51. The van der Waals surface area contributed by atoms with Crippen LogP contribution in [-0.4, -0.2) is 29.7 Å². The predicted octanol–water partition coefficient (Wildman–Crippen LogP) is 2.98. The molecule has 1 N–H and O–H groups in total. The molecule has 0 saturated carbocycles.